The SMILES string of the molecule is CCN1C=CC(=C2SC(=S)N(CC(=O)O)C2=O)C=C1.[Na+]. The fourth-order valence-corrected chi connectivity index (χ4v) is 2.95. The largest absolute Gasteiger partial charge is 1.00 e. The first-order chi connectivity index (χ1) is 9.02. The molecule has 0 spiro atoms. The number of carbonyl (C=O) groups excluding carboxylic acids is 1. The van der Waals surface area contributed by atoms with E-state index in [4.69, 9.17) is 17.3 Å². The molecule has 1 fully saturated rings. The van der Waals surface area contributed by atoms with Crippen LogP contribution in [0.5, 0.6) is 0 Å². The molecule has 2 rings (SSSR count). The second-order valence-electron chi connectivity index (χ2n) is 3.90. The minimum atomic E-state index is -1.07. The Hall–Kier alpha value is -0.600. The zero-order valence-corrected chi connectivity index (χ0v) is 14.8. The second kappa shape index (κ2) is 7.42. The molecule has 0 radical (unpaired) electrons. The van der Waals surface area contributed by atoms with Crippen LogP contribution in [0, 0.1) is 0 Å². The molecule has 0 aromatic heterocycles. The molecule has 1 amide bonds. The third-order valence-corrected chi connectivity index (χ3v) is 4.14. The van der Waals surface area contributed by atoms with Gasteiger partial charge in [-0.2, -0.15) is 0 Å². The van der Waals surface area contributed by atoms with Gasteiger partial charge in [0, 0.05) is 18.9 Å². The van der Waals surface area contributed by atoms with Crippen LogP contribution in [0.25, 0.3) is 0 Å². The van der Waals surface area contributed by atoms with Crippen molar-refractivity contribution in [3.05, 3.63) is 35.0 Å². The van der Waals surface area contributed by atoms with Crippen molar-refractivity contribution in [3.8, 4) is 0 Å². The average molecular weight is 319 g/mol. The second-order valence-corrected chi connectivity index (χ2v) is 5.54. The Kier molecular flexibility index (Phi) is 6.47. The number of carboxylic acid groups (broad SMARTS) is 1. The van der Waals surface area contributed by atoms with Crippen molar-refractivity contribution >= 4 is 40.2 Å². The molecule has 0 aliphatic carbocycles. The number of hydrogen-bond donors (Lipinski definition) is 1. The Labute approximate surface area is 148 Å². The monoisotopic (exact) mass is 319 g/mol. The molecule has 2 aliphatic rings. The first-order valence-corrected chi connectivity index (χ1v) is 6.87. The third kappa shape index (κ3) is 3.73. The van der Waals surface area contributed by atoms with Crippen LogP contribution in [0.4, 0.5) is 0 Å². The summed E-state index contributed by atoms with van der Waals surface area (Å²) >= 11 is 6.18. The van der Waals surface area contributed by atoms with E-state index in [0.717, 1.165) is 28.8 Å². The number of carboxylic acids is 1. The summed E-state index contributed by atoms with van der Waals surface area (Å²) in [5, 5.41) is 8.76. The topological polar surface area (TPSA) is 60.9 Å². The Bertz CT molecular complexity index is 527. The fraction of sp³-hybridized carbons (Fsp3) is 0.250. The van der Waals surface area contributed by atoms with Crippen LogP contribution in [-0.4, -0.2) is 44.2 Å². The van der Waals surface area contributed by atoms with Crippen LogP contribution in [-0.2, 0) is 9.59 Å². The van der Waals surface area contributed by atoms with Gasteiger partial charge in [0.05, 0.1) is 4.91 Å². The molecule has 0 atom stereocenters. The van der Waals surface area contributed by atoms with E-state index in [-0.39, 0.29) is 39.8 Å². The van der Waals surface area contributed by atoms with Crippen molar-refractivity contribution in [1.82, 2.24) is 9.80 Å². The molecule has 2 aliphatic heterocycles. The molecular weight excluding hydrogens is 307 g/mol. The summed E-state index contributed by atoms with van der Waals surface area (Å²) in [5.41, 5.74) is 0.759. The molecule has 2 heterocycles. The molecular formula is C12H12N2NaO3S2+. The average Bonchev–Trinajstić information content (AvgIpc) is 2.66. The van der Waals surface area contributed by atoms with E-state index in [1.807, 2.05) is 36.4 Å². The molecule has 0 aromatic rings. The molecule has 0 bridgehead atoms. The Morgan fingerprint density at radius 3 is 2.50 bits per heavy atom. The number of aliphatic carboxylic acids is 1. The van der Waals surface area contributed by atoms with Gasteiger partial charge in [0.1, 0.15) is 10.9 Å². The van der Waals surface area contributed by atoms with Crippen molar-refractivity contribution < 1.29 is 44.3 Å². The number of carbonyl (C=O) groups is 2. The van der Waals surface area contributed by atoms with Crippen LogP contribution < -0.4 is 29.6 Å². The van der Waals surface area contributed by atoms with Crippen LogP contribution in [0.1, 0.15) is 6.92 Å². The summed E-state index contributed by atoms with van der Waals surface area (Å²) in [6.45, 7) is 2.47. The molecule has 0 aromatic carbocycles. The zero-order valence-electron chi connectivity index (χ0n) is 11.2. The van der Waals surface area contributed by atoms with E-state index >= 15 is 0 Å². The van der Waals surface area contributed by atoms with Gasteiger partial charge >= 0.3 is 35.5 Å². The summed E-state index contributed by atoms with van der Waals surface area (Å²) in [6, 6.07) is 0. The predicted octanol–water partition coefficient (Wildman–Crippen LogP) is -1.45. The van der Waals surface area contributed by atoms with E-state index in [2.05, 4.69) is 0 Å². The number of allylic oxidation sites excluding steroid dienone is 3. The van der Waals surface area contributed by atoms with Gasteiger partial charge in [-0.05, 0) is 24.6 Å². The van der Waals surface area contributed by atoms with Crippen LogP contribution >= 0.6 is 24.0 Å². The maximum absolute atomic E-state index is 12.1. The zero-order chi connectivity index (χ0) is 14.0. The minimum Gasteiger partial charge on any atom is -0.480 e. The van der Waals surface area contributed by atoms with Gasteiger partial charge in [0.25, 0.3) is 5.91 Å². The smallest absolute Gasteiger partial charge is 0.480 e. The summed E-state index contributed by atoms with van der Waals surface area (Å²) in [4.78, 5) is 26.4. The number of amides is 1. The van der Waals surface area contributed by atoms with Gasteiger partial charge in [0.2, 0.25) is 0 Å². The summed E-state index contributed by atoms with van der Waals surface area (Å²) < 4.78 is 0.287. The number of thiocarbonyl (C=S) groups is 1. The van der Waals surface area contributed by atoms with Gasteiger partial charge in [-0.15, -0.1) is 0 Å². The van der Waals surface area contributed by atoms with Crippen LogP contribution in [0.2, 0.25) is 0 Å². The van der Waals surface area contributed by atoms with Crippen molar-refractivity contribution in [2.45, 2.75) is 6.92 Å². The number of rotatable bonds is 3. The van der Waals surface area contributed by atoms with E-state index in [1.165, 1.54) is 0 Å². The van der Waals surface area contributed by atoms with Gasteiger partial charge in [0.15, 0.2) is 0 Å². The summed E-state index contributed by atoms with van der Waals surface area (Å²) in [7, 11) is 0. The quantitative estimate of drug-likeness (QED) is 0.390. The van der Waals surface area contributed by atoms with Crippen molar-refractivity contribution in [1.29, 1.82) is 0 Å². The molecule has 0 unspecified atom stereocenters. The number of hydrogen-bond acceptors (Lipinski definition) is 5. The molecule has 20 heavy (non-hydrogen) atoms. The van der Waals surface area contributed by atoms with Crippen LogP contribution in [0.15, 0.2) is 35.0 Å². The van der Waals surface area contributed by atoms with Crippen LogP contribution in [0.3, 0.4) is 0 Å². The maximum Gasteiger partial charge on any atom is 1.00 e. The van der Waals surface area contributed by atoms with E-state index in [9.17, 15) is 9.59 Å². The Morgan fingerprint density at radius 2 is 2.00 bits per heavy atom. The van der Waals surface area contributed by atoms with Crippen molar-refractivity contribution in [2.75, 3.05) is 13.1 Å². The van der Waals surface area contributed by atoms with Crippen molar-refractivity contribution in [2.24, 2.45) is 0 Å². The third-order valence-electron chi connectivity index (χ3n) is 2.66. The summed E-state index contributed by atoms with van der Waals surface area (Å²) in [6.07, 6.45) is 7.41. The Balaban J connectivity index is 0.00000200. The first kappa shape index (κ1) is 17.5. The maximum atomic E-state index is 12.1. The molecule has 0 saturated carbocycles. The van der Waals surface area contributed by atoms with Gasteiger partial charge < -0.3 is 10.0 Å². The van der Waals surface area contributed by atoms with E-state index in [1.54, 1.807) is 0 Å². The first-order valence-electron chi connectivity index (χ1n) is 5.64. The van der Waals surface area contributed by atoms with Crippen molar-refractivity contribution in [3.63, 3.8) is 0 Å². The van der Waals surface area contributed by atoms with Gasteiger partial charge in [-0.25, -0.2) is 0 Å². The van der Waals surface area contributed by atoms with E-state index < -0.39 is 12.5 Å². The van der Waals surface area contributed by atoms with Gasteiger partial charge in [-0.1, -0.05) is 24.0 Å². The molecule has 5 nitrogen and oxygen atoms in total. The van der Waals surface area contributed by atoms with Gasteiger partial charge in [-0.3, -0.25) is 14.5 Å². The van der Waals surface area contributed by atoms with E-state index in [0.29, 0.717) is 4.91 Å². The fourth-order valence-electron chi connectivity index (χ4n) is 1.67. The molecule has 1 N–H and O–H groups in total. The molecule has 8 heteroatoms. The normalized spacial score (nSPS) is 17.9. The predicted molar refractivity (Wildman–Crippen MR) is 77.2 cm³/mol. The standard InChI is InChI=1S/C12H12N2O3S2.Na/c1-2-13-5-3-8(4-6-13)10-11(17)14(7-9(15)16)12(18)19-10;/h3-6H,2,7H2,1H3,(H,15,16);/q;+1. The molecule has 100 valence electrons. The molecule has 1 saturated heterocycles. The number of nitrogens with zero attached hydrogens (tertiary/aromatic N) is 2. The number of thioether (sulfide) groups is 1. The Morgan fingerprint density at radius 1 is 1.40 bits per heavy atom. The summed E-state index contributed by atoms with van der Waals surface area (Å²) in [5.74, 6) is -1.42. The minimum absolute atomic E-state index is 0.